The molecule has 124 valence electrons. The second-order valence-corrected chi connectivity index (χ2v) is 6.53. The summed E-state index contributed by atoms with van der Waals surface area (Å²) in [5, 5.41) is 4.26. The van der Waals surface area contributed by atoms with E-state index < -0.39 is 0 Å². The molecule has 0 unspecified atom stereocenters. The van der Waals surface area contributed by atoms with Crippen LogP contribution >= 0.6 is 0 Å². The molecule has 3 rings (SSSR count). The van der Waals surface area contributed by atoms with Crippen molar-refractivity contribution in [2.24, 2.45) is 5.92 Å². The fourth-order valence-electron chi connectivity index (χ4n) is 3.51. The molecule has 0 saturated heterocycles. The molecule has 1 N–H and O–H groups in total. The highest BCUT2D eigenvalue weighted by molar-refractivity contribution is 5.93. The fraction of sp³-hybridized carbons (Fsp3) is 0.526. The zero-order valence-electron chi connectivity index (χ0n) is 13.9. The summed E-state index contributed by atoms with van der Waals surface area (Å²) in [4.78, 5) is 12.3. The molecule has 2 aromatic rings. The molecule has 1 saturated carbocycles. The molecular formula is C19H26N2O2. The highest BCUT2D eigenvalue weighted by atomic mass is 16.5. The Bertz CT molecular complexity index is 656. The van der Waals surface area contributed by atoms with E-state index >= 15 is 0 Å². The number of carbonyl (C=O) groups is 1. The molecule has 0 radical (unpaired) electrons. The number of hydrogen-bond donors (Lipinski definition) is 1. The Balaban J connectivity index is 1.65. The first-order chi connectivity index (χ1) is 11.3. The molecular weight excluding hydrogens is 288 g/mol. The molecule has 1 heterocycles. The smallest absolute Gasteiger partial charge is 0.224 e. The first-order valence-corrected chi connectivity index (χ1v) is 8.64. The van der Waals surface area contributed by atoms with Gasteiger partial charge < -0.3 is 14.6 Å². The van der Waals surface area contributed by atoms with E-state index in [4.69, 9.17) is 4.74 Å². The molecule has 23 heavy (non-hydrogen) atoms. The molecule has 0 bridgehead atoms. The van der Waals surface area contributed by atoms with Gasteiger partial charge in [0.15, 0.2) is 0 Å². The maximum absolute atomic E-state index is 12.3. The van der Waals surface area contributed by atoms with Crippen LogP contribution in [0.2, 0.25) is 0 Å². The molecule has 1 fully saturated rings. The minimum Gasteiger partial charge on any atom is -0.383 e. The van der Waals surface area contributed by atoms with Crippen LogP contribution in [-0.4, -0.2) is 24.2 Å². The lowest BCUT2D eigenvalue weighted by molar-refractivity contribution is -0.117. The summed E-state index contributed by atoms with van der Waals surface area (Å²) in [6, 6.07) is 8.21. The van der Waals surface area contributed by atoms with Crippen molar-refractivity contribution in [1.29, 1.82) is 0 Å². The number of amides is 1. The second kappa shape index (κ2) is 7.64. The lowest BCUT2D eigenvalue weighted by atomic mass is 9.87. The Morgan fingerprint density at radius 1 is 1.26 bits per heavy atom. The van der Waals surface area contributed by atoms with E-state index in [-0.39, 0.29) is 5.91 Å². The van der Waals surface area contributed by atoms with E-state index in [2.05, 4.69) is 34.3 Å². The molecule has 0 spiro atoms. The average Bonchev–Trinajstić information content (AvgIpc) is 2.96. The Kier molecular flexibility index (Phi) is 5.34. The third-order valence-electron chi connectivity index (χ3n) is 4.79. The van der Waals surface area contributed by atoms with Crippen LogP contribution in [0.15, 0.2) is 30.5 Å². The summed E-state index contributed by atoms with van der Waals surface area (Å²) in [7, 11) is 1.71. The maximum atomic E-state index is 12.3. The lowest BCUT2D eigenvalue weighted by Gasteiger charge is -2.20. The van der Waals surface area contributed by atoms with E-state index in [0.717, 1.165) is 17.7 Å². The molecule has 1 aliphatic rings. The maximum Gasteiger partial charge on any atom is 0.224 e. The second-order valence-electron chi connectivity index (χ2n) is 6.53. The Morgan fingerprint density at radius 2 is 2.09 bits per heavy atom. The van der Waals surface area contributed by atoms with Gasteiger partial charge in [0.2, 0.25) is 5.91 Å². The van der Waals surface area contributed by atoms with Crippen molar-refractivity contribution >= 4 is 22.5 Å². The predicted molar refractivity (Wildman–Crippen MR) is 93.6 cm³/mol. The van der Waals surface area contributed by atoms with Crippen LogP contribution in [0.3, 0.4) is 0 Å². The Morgan fingerprint density at radius 3 is 2.87 bits per heavy atom. The highest BCUT2D eigenvalue weighted by Crippen LogP contribution is 2.27. The topological polar surface area (TPSA) is 43.3 Å². The van der Waals surface area contributed by atoms with Crippen molar-refractivity contribution in [2.45, 2.75) is 45.1 Å². The summed E-state index contributed by atoms with van der Waals surface area (Å²) in [6.07, 6.45) is 9.00. The minimum atomic E-state index is 0.145. The van der Waals surface area contributed by atoms with Crippen molar-refractivity contribution in [3.05, 3.63) is 30.5 Å². The Labute approximate surface area is 137 Å². The number of carbonyl (C=O) groups excluding carboxylic acids is 1. The van der Waals surface area contributed by atoms with Gasteiger partial charge in [-0.05, 0) is 42.3 Å². The van der Waals surface area contributed by atoms with Crippen LogP contribution in [-0.2, 0) is 16.1 Å². The normalized spacial score (nSPS) is 15.9. The quantitative estimate of drug-likeness (QED) is 0.868. The van der Waals surface area contributed by atoms with E-state index in [9.17, 15) is 4.79 Å². The van der Waals surface area contributed by atoms with Crippen LogP contribution in [0.4, 0.5) is 5.69 Å². The number of fused-ring (bicyclic) bond motifs is 1. The van der Waals surface area contributed by atoms with Crippen molar-refractivity contribution in [3.8, 4) is 0 Å². The van der Waals surface area contributed by atoms with Crippen LogP contribution in [0.25, 0.3) is 10.9 Å². The van der Waals surface area contributed by atoms with Crippen molar-refractivity contribution in [1.82, 2.24) is 4.57 Å². The van der Waals surface area contributed by atoms with Gasteiger partial charge in [-0.25, -0.2) is 0 Å². The predicted octanol–water partition coefficient (Wildman–Crippen LogP) is 4.20. The summed E-state index contributed by atoms with van der Waals surface area (Å²) in [5.41, 5.74) is 2.02. The number of aromatic nitrogens is 1. The number of nitrogens with one attached hydrogen (secondary N) is 1. The fourth-order valence-corrected chi connectivity index (χ4v) is 3.51. The molecule has 1 aliphatic carbocycles. The average molecular weight is 314 g/mol. The van der Waals surface area contributed by atoms with Gasteiger partial charge in [0.25, 0.3) is 0 Å². The monoisotopic (exact) mass is 314 g/mol. The molecule has 1 aromatic carbocycles. The molecule has 0 aliphatic heterocycles. The summed E-state index contributed by atoms with van der Waals surface area (Å²) in [6.45, 7) is 1.50. The highest BCUT2D eigenvalue weighted by Gasteiger charge is 2.17. The van der Waals surface area contributed by atoms with Crippen LogP contribution in [0, 0.1) is 5.92 Å². The molecule has 4 nitrogen and oxygen atoms in total. The number of ether oxygens (including phenoxy) is 1. The van der Waals surface area contributed by atoms with E-state index in [1.165, 1.54) is 37.5 Å². The van der Waals surface area contributed by atoms with E-state index in [1.807, 2.05) is 6.07 Å². The van der Waals surface area contributed by atoms with E-state index in [1.54, 1.807) is 7.11 Å². The van der Waals surface area contributed by atoms with Crippen LogP contribution in [0.1, 0.15) is 38.5 Å². The van der Waals surface area contributed by atoms with Crippen LogP contribution in [0.5, 0.6) is 0 Å². The Hall–Kier alpha value is -1.81. The number of rotatable bonds is 6. The first-order valence-electron chi connectivity index (χ1n) is 8.64. The summed E-state index contributed by atoms with van der Waals surface area (Å²) in [5.74, 6) is 0.712. The van der Waals surface area contributed by atoms with Gasteiger partial charge in [-0.15, -0.1) is 0 Å². The first kappa shape index (κ1) is 16.1. The molecule has 4 heteroatoms. The van der Waals surface area contributed by atoms with Gasteiger partial charge in [0, 0.05) is 32.0 Å². The SMILES string of the molecule is COCCn1ccc2ccc(NC(=O)CC3CCCCC3)cc21. The number of anilines is 1. The van der Waals surface area contributed by atoms with Crippen molar-refractivity contribution in [2.75, 3.05) is 19.0 Å². The molecule has 0 atom stereocenters. The zero-order chi connectivity index (χ0) is 16.1. The number of benzene rings is 1. The van der Waals surface area contributed by atoms with Gasteiger partial charge in [0.1, 0.15) is 0 Å². The van der Waals surface area contributed by atoms with Gasteiger partial charge in [-0.3, -0.25) is 4.79 Å². The van der Waals surface area contributed by atoms with Gasteiger partial charge in [-0.2, -0.15) is 0 Å². The van der Waals surface area contributed by atoms with E-state index in [0.29, 0.717) is 18.9 Å². The zero-order valence-corrected chi connectivity index (χ0v) is 13.9. The van der Waals surface area contributed by atoms with Gasteiger partial charge >= 0.3 is 0 Å². The summed E-state index contributed by atoms with van der Waals surface area (Å²) >= 11 is 0. The molecule has 1 aromatic heterocycles. The summed E-state index contributed by atoms with van der Waals surface area (Å²) < 4.78 is 7.32. The number of nitrogens with zero attached hydrogens (tertiary/aromatic N) is 1. The third kappa shape index (κ3) is 4.14. The number of hydrogen-bond acceptors (Lipinski definition) is 2. The molecule has 1 amide bonds. The number of methoxy groups -OCH3 is 1. The lowest BCUT2D eigenvalue weighted by Crippen LogP contribution is -2.18. The third-order valence-corrected chi connectivity index (χ3v) is 4.79. The minimum absolute atomic E-state index is 0.145. The van der Waals surface area contributed by atoms with Crippen LogP contribution < -0.4 is 5.32 Å². The van der Waals surface area contributed by atoms with Gasteiger partial charge in [0.05, 0.1) is 12.1 Å². The standard InChI is InChI=1S/C19H26N2O2/c1-23-12-11-21-10-9-16-7-8-17(14-18(16)21)20-19(22)13-15-5-3-2-4-6-15/h7-10,14-15H,2-6,11-13H2,1H3,(H,20,22). The van der Waals surface area contributed by atoms with Gasteiger partial charge in [-0.1, -0.05) is 25.3 Å². The van der Waals surface area contributed by atoms with Crippen molar-refractivity contribution in [3.63, 3.8) is 0 Å². The van der Waals surface area contributed by atoms with Crippen molar-refractivity contribution < 1.29 is 9.53 Å². The largest absolute Gasteiger partial charge is 0.383 e.